The van der Waals surface area contributed by atoms with Gasteiger partial charge in [0.25, 0.3) is 0 Å². The smallest absolute Gasteiger partial charge is 0.475 e. The SMILES string of the molecule is O=C(COC1CCCCO1)COC1CCCCO1.O=C(O)C(F)(F)F. The highest BCUT2D eigenvalue weighted by atomic mass is 19.4. The lowest BCUT2D eigenvalue weighted by Gasteiger charge is -2.23. The van der Waals surface area contributed by atoms with Gasteiger partial charge in [0.2, 0.25) is 0 Å². The Labute approximate surface area is 143 Å². The molecule has 25 heavy (non-hydrogen) atoms. The van der Waals surface area contributed by atoms with E-state index in [1.54, 1.807) is 0 Å². The highest BCUT2D eigenvalue weighted by molar-refractivity contribution is 5.80. The molecule has 0 saturated carbocycles. The first kappa shape index (κ1) is 21.8. The lowest BCUT2D eigenvalue weighted by atomic mass is 10.2. The van der Waals surface area contributed by atoms with E-state index in [2.05, 4.69) is 0 Å². The molecule has 1 N–H and O–H groups in total. The van der Waals surface area contributed by atoms with Crippen LogP contribution in [0.5, 0.6) is 0 Å². The summed E-state index contributed by atoms with van der Waals surface area (Å²) in [6.45, 7) is 1.59. The fraction of sp³-hybridized carbons (Fsp3) is 0.867. The van der Waals surface area contributed by atoms with Crippen molar-refractivity contribution in [2.24, 2.45) is 0 Å². The highest BCUT2D eigenvalue weighted by Gasteiger charge is 2.38. The van der Waals surface area contributed by atoms with E-state index in [0.29, 0.717) is 0 Å². The summed E-state index contributed by atoms with van der Waals surface area (Å²) in [4.78, 5) is 20.5. The summed E-state index contributed by atoms with van der Waals surface area (Å²) in [6.07, 6.45) is 0.601. The van der Waals surface area contributed by atoms with Crippen LogP contribution in [0.1, 0.15) is 38.5 Å². The minimum absolute atomic E-state index is 0.0571. The van der Waals surface area contributed by atoms with Crippen molar-refractivity contribution in [3.05, 3.63) is 0 Å². The van der Waals surface area contributed by atoms with Gasteiger partial charge in [0.1, 0.15) is 13.2 Å². The van der Waals surface area contributed by atoms with E-state index in [-0.39, 0.29) is 31.6 Å². The van der Waals surface area contributed by atoms with Gasteiger partial charge in [-0.05, 0) is 38.5 Å². The van der Waals surface area contributed by atoms with Crippen LogP contribution in [0, 0.1) is 0 Å². The number of halogens is 3. The second kappa shape index (κ2) is 11.4. The summed E-state index contributed by atoms with van der Waals surface area (Å²) in [7, 11) is 0. The molecule has 0 radical (unpaired) electrons. The van der Waals surface area contributed by atoms with E-state index in [9.17, 15) is 18.0 Å². The largest absolute Gasteiger partial charge is 0.490 e. The summed E-state index contributed by atoms with van der Waals surface area (Å²) in [5.41, 5.74) is 0. The third-order valence-electron chi connectivity index (χ3n) is 3.38. The van der Waals surface area contributed by atoms with Crippen LogP contribution in [0.2, 0.25) is 0 Å². The average molecular weight is 372 g/mol. The maximum Gasteiger partial charge on any atom is 0.490 e. The molecule has 2 saturated heterocycles. The molecule has 0 spiro atoms. The van der Waals surface area contributed by atoms with Crippen molar-refractivity contribution in [2.75, 3.05) is 26.4 Å². The van der Waals surface area contributed by atoms with Gasteiger partial charge in [-0.1, -0.05) is 0 Å². The number of hydrogen-bond acceptors (Lipinski definition) is 6. The normalized spacial score (nSPS) is 24.1. The van der Waals surface area contributed by atoms with E-state index in [1.807, 2.05) is 0 Å². The Hall–Kier alpha value is -1.23. The van der Waals surface area contributed by atoms with Crippen molar-refractivity contribution < 1.29 is 46.8 Å². The Morgan fingerprint density at radius 2 is 1.32 bits per heavy atom. The standard InChI is InChI=1S/C13H22O5.C2HF3O2/c14-11(9-17-12-5-1-3-7-15-12)10-18-13-6-2-4-8-16-13;3-2(4,5)1(6)7/h12-13H,1-10H2;(H,6,7). The van der Waals surface area contributed by atoms with Crippen LogP contribution in [-0.4, -0.2) is 62.0 Å². The number of ether oxygens (including phenoxy) is 4. The maximum atomic E-state index is 11.6. The summed E-state index contributed by atoms with van der Waals surface area (Å²) in [6, 6.07) is 0. The Morgan fingerprint density at radius 1 is 0.920 bits per heavy atom. The lowest BCUT2D eigenvalue weighted by molar-refractivity contribution is -0.192. The van der Waals surface area contributed by atoms with Gasteiger partial charge in [0.05, 0.1) is 0 Å². The van der Waals surface area contributed by atoms with Crippen LogP contribution in [-0.2, 0) is 28.5 Å². The molecule has 0 aromatic rings. The summed E-state index contributed by atoms with van der Waals surface area (Å²) in [5, 5.41) is 7.12. The molecule has 2 rings (SSSR count). The fourth-order valence-electron chi connectivity index (χ4n) is 2.10. The Balaban J connectivity index is 0.000000381. The minimum atomic E-state index is -5.08. The minimum Gasteiger partial charge on any atom is -0.475 e. The predicted octanol–water partition coefficient (Wildman–Crippen LogP) is 2.28. The van der Waals surface area contributed by atoms with Crippen molar-refractivity contribution in [2.45, 2.75) is 57.3 Å². The molecular formula is C15H23F3O7. The number of aliphatic carboxylic acids is 1. The third kappa shape index (κ3) is 10.4. The second-order valence-corrected chi connectivity index (χ2v) is 5.56. The highest BCUT2D eigenvalue weighted by Crippen LogP contribution is 2.15. The molecule has 2 aliphatic rings. The number of ketones is 1. The number of rotatable bonds is 6. The van der Waals surface area contributed by atoms with Crippen LogP contribution in [0.4, 0.5) is 13.2 Å². The van der Waals surface area contributed by atoms with Crippen LogP contribution in [0.25, 0.3) is 0 Å². The van der Waals surface area contributed by atoms with Gasteiger partial charge in [0.15, 0.2) is 18.4 Å². The van der Waals surface area contributed by atoms with Crippen LogP contribution in [0.15, 0.2) is 0 Å². The average Bonchev–Trinajstić information content (AvgIpc) is 2.60. The van der Waals surface area contributed by atoms with Crippen molar-refractivity contribution in [1.82, 2.24) is 0 Å². The van der Waals surface area contributed by atoms with E-state index < -0.39 is 12.1 Å². The fourth-order valence-corrected chi connectivity index (χ4v) is 2.10. The van der Waals surface area contributed by atoms with Crippen molar-refractivity contribution >= 4 is 11.8 Å². The number of carboxylic acid groups (broad SMARTS) is 1. The molecule has 2 aliphatic heterocycles. The molecule has 10 heteroatoms. The number of hydrogen-bond donors (Lipinski definition) is 1. The Morgan fingerprint density at radius 3 is 1.60 bits per heavy atom. The molecule has 146 valence electrons. The number of carbonyl (C=O) groups excluding carboxylic acids is 1. The van der Waals surface area contributed by atoms with Crippen molar-refractivity contribution in [1.29, 1.82) is 0 Å². The zero-order chi connectivity index (χ0) is 18.7. The molecule has 0 aliphatic carbocycles. The molecule has 0 aromatic heterocycles. The van der Waals surface area contributed by atoms with Gasteiger partial charge in [-0.3, -0.25) is 4.79 Å². The van der Waals surface area contributed by atoms with Crippen molar-refractivity contribution in [3.63, 3.8) is 0 Å². The third-order valence-corrected chi connectivity index (χ3v) is 3.38. The number of Topliss-reactive ketones (excluding diaryl/α,β-unsaturated/α-hetero) is 1. The van der Waals surface area contributed by atoms with Gasteiger partial charge >= 0.3 is 12.1 Å². The van der Waals surface area contributed by atoms with Crippen LogP contribution < -0.4 is 0 Å². The lowest BCUT2D eigenvalue weighted by Crippen LogP contribution is -2.29. The molecule has 2 fully saturated rings. The molecule has 2 heterocycles. The molecule has 0 aromatic carbocycles. The first-order valence-electron chi connectivity index (χ1n) is 8.07. The Kier molecular flexibility index (Phi) is 9.94. The number of alkyl halides is 3. The van der Waals surface area contributed by atoms with Gasteiger partial charge in [-0.25, -0.2) is 4.79 Å². The van der Waals surface area contributed by atoms with Crippen LogP contribution >= 0.6 is 0 Å². The van der Waals surface area contributed by atoms with Gasteiger partial charge in [-0.15, -0.1) is 0 Å². The predicted molar refractivity (Wildman–Crippen MR) is 77.8 cm³/mol. The first-order valence-corrected chi connectivity index (χ1v) is 8.07. The van der Waals surface area contributed by atoms with E-state index >= 15 is 0 Å². The maximum absolute atomic E-state index is 11.6. The zero-order valence-corrected chi connectivity index (χ0v) is 13.8. The number of carbonyl (C=O) groups is 2. The van der Waals surface area contributed by atoms with Gasteiger partial charge in [0, 0.05) is 13.2 Å². The summed E-state index contributed by atoms with van der Waals surface area (Å²) >= 11 is 0. The Bertz CT molecular complexity index is 378. The number of carboxylic acids is 1. The van der Waals surface area contributed by atoms with E-state index in [4.69, 9.17) is 28.8 Å². The zero-order valence-electron chi connectivity index (χ0n) is 13.8. The molecule has 2 atom stereocenters. The first-order chi connectivity index (χ1) is 11.8. The molecule has 0 bridgehead atoms. The quantitative estimate of drug-likeness (QED) is 0.765. The van der Waals surface area contributed by atoms with E-state index in [1.165, 1.54) is 0 Å². The van der Waals surface area contributed by atoms with E-state index in [0.717, 1.165) is 51.7 Å². The second-order valence-electron chi connectivity index (χ2n) is 5.56. The van der Waals surface area contributed by atoms with Gasteiger partial charge in [-0.2, -0.15) is 13.2 Å². The summed E-state index contributed by atoms with van der Waals surface area (Å²) in [5.74, 6) is -2.81. The van der Waals surface area contributed by atoms with Gasteiger partial charge < -0.3 is 24.1 Å². The molecule has 0 amide bonds. The van der Waals surface area contributed by atoms with Crippen LogP contribution in [0.3, 0.4) is 0 Å². The van der Waals surface area contributed by atoms with Crippen molar-refractivity contribution in [3.8, 4) is 0 Å². The molecule has 7 nitrogen and oxygen atoms in total. The summed E-state index contributed by atoms with van der Waals surface area (Å²) < 4.78 is 53.3. The topological polar surface area (TPSA) is 91.3 Å². The monoisotopic (exact) mass is 372 g/mol. The molecular weight excluding hydrogens is 349 g/mol. The molecule has 2 unspecified atom stereocenters.